The number of benzene rings is 1. The SMILES string of the molecule is CCCCN(C)C(=O)C1CCCCN1S(=O)(=O)c1ccccc1. The van der Waals surface area contributed by atoms with Crippen molar-refractivity contribution in [3.05, 3.63) is 30.3 Å². The first-order chi connectivity index (χ1) is 11.0. The van der Waals surface area contributed by atoms with Crippen molar-refractivity contribution in [3.63, 3.8) is 0 Å². The summed E-state index contributed by atoms with van der Waals surface area (Å²) in [6.07, 6.45) is 4.23. The number of nitrogens with zero attached hydrogens (tertiary/aromatic N) is 2. The van der Waals surface area contributed by atoms with Crippen molar-refractivity contribution in [1.29, 1.82) is 0 Å². The van der Waals surface area contributed by atoms with E-state index in [1.165, 1.54) is 4.31 Å². The van der Waals surface area contributed by atoms with E-state index in [9.17, 15) is 13.2 Å². The van der Waals surface area contributed by atoms with Crippen LogP contribution in [0.2, 0.25) is 0 Å². The maximum absolute atomic E-state index is 12.9. The van der Waals surface area contributed by atoms with Gasteiger partial charge in [0.05, 0.1) is 4.90 Å². The standard InChI is InChI=1S/C17H26N2O3S/c1-3-4-13-18(2)17(20)16-12-8-9-14-19(16)23(21,22)15-10-6-5-7-11-15/h5-7,10-11,16H,3-4,8-9,12-14H2,1-2H3. The minimum absolute atomic E-state index is 0.0855. The maximum atomic E-state index is 12.9. The van der Waals surface area contributed by atoms with Crippen LogP contribution >= 0.6 is 0 Å². The number of carbonyl (C=O) groups excluding carboxylic acids is 1. The van der Waals surface area contributed by atoms with Gasteiger partial charge in [-0.15, -0.1) is 0 Å². The van der Waals surface area contributed by atoms with Crippen LogP contribution in [0, 0.1) is 0 Å². The molecular weight excluding hydrogens is 312 g/mol. The Kier molecular flexibility index (Phi) is 6.18. The number of unbranched alkanes of at least 4 members (excludes halogenated alkanes) is 1. The third kappa shape index (κ3) is 4.12. The summed E-state index contributed by atoms with van der Waals surface area (Å²) in [5.74, 6) is -0.0855. The van der Waals surface area contributed by atoms with Gasteiger partial charge in [0.2, 0.25) is 15.9 Å². The third-order valence-electron chi connectivity index (χ3n) is 4.31. The van der Waals surface area contributed by atoms with Gasteiger partial charge in [0.15, 0.2) is 0 Å². The topological polar surface area (TPSA) is 57.7 Å². The fourth-order valence-corrected chi connectivity index (χ4v) is 4.60. The van der Waals surface area contributed by atoms with E-state index in [1.807, 2.05) is 0 Å². The molecule has 1 atom stereocenters. The van der Waals surface area contributed by atoms with Gasteiger partial charge in [-0.05, 0) is 31.4 Å². The molecule has 0 aromatic heterocycles. The molecule has 1 heterocycles. The summed E-state index contributed by atoms with van der Waals surface area (Å²) in [6.45, 7) is 3.16. The fraction of sp³-hybridized carbons (Fsp3) is 0.588. The van der Waals surface area contributed by atoms with Gasteiger partial charge in [0.1, 0.15) is 6.04 Å². The quantitative estimate of drug-likeness (QED) is 0.801. The number of likely N-dealkylation sites (N-methyl/N-ethyl adjacent to an activating group) is 1. The van der Waals surface area contributed by atoms with Crippen LogP contribution in [-0.4, -0.2) is 49.7 Å². The van der Waals surface area contributed by atoms with Gasteiger partial charge in [0.25, 0.3) is 0 Å². The van der Waals surface area contributed by atoms with E-state index in [2.05, 4.69) is 6.92 Å². The molecule has 0 radical (unpaired) electrons. The molecule has 1 amide bonds. The monoisotopic (exact) mass is 338 g/mol. The number of rotatable bonds is 6. The number of sulfonamides is 1. The van der Waals surface area contributed by atoms with E-state index in [0.717, 1.165) is 25.7 Å². The predicted molar refractivity (Wildman–Crippen MR) is 90.5 cm³/mol. The van der Waals surface area contributed by atoms with Gasteiger partial charge in [0, 0.05) is 20.1 Å². The number of amides is 1. The summed E-state index contributed by atoms with van der Waals surface area (Å²) in [5.41, 5.74) is 0. The molecule has 2 rings (SSSR count). The normalized spacial score (nSPS) is 19.5. The second kappa shape index (κ2) is 7.93. The molecule has 0 saturated carbocycles. The Morgan fingerprint density at radius 3 is 2.61 bits per heavy atom. The number of hydrogen-bond donors (Lipinski definition) is 0. The molecule has 0 bridgehead atoms. The largest absolute Gasteiger partial charge is 0.344 e. The zero-order chi connectivity index (χ0) is 16.9. The van der Waals surface area contributed by atoms with Crippen LogP contribution in [-0.2, 0) is 14.8 Å². The van der Waals surface area contributed by atoms with Crippen molar-refractivity contribution < 1.29 is 13.2 Å². The van der Waals surface area contributed by atoms with E-state index in [-0.39, 0.29) is 10.8 Å². The van der Waals surface area contributed by atoms with E-state index in [0.29, 0.717) is 19.5 Å². The van der Waals surface area contributed by atoms with Crippen LogP contribution in [0.15, 0.2) is 35.2 Å². The average Bonchev–Trinajstić information content (AvgIpc) is 2.59. The summed E-state index contributed by atoms with van der Waals surface area (Å²) < 4.78 is 27.2. The molecule has 1 aliphatic heterocycles. The van der Waals surface area contributed by atoms with Crippen molar-refractivity contribution in [2.75, 3.05) is 20.1 Å². The van der Waals surface area contributed by atoms with E-state index < -0.39 is 16.1 Å². The molecule has 6 heteroatoms. The highest BCUT2D eigenvalue weighted by Gasteiger charge is 2.38. The molecule has 1 aromatic rings. The van der Waals surface area contributed by atoms with Crippen molar-refractivity contribution in [2.45, 2.75) is 50.0 Å². The molecule has 1 aliphatic rings. The predicted octanol–water partition coefficient (Wildman–Crippen LogP) is 2.49. The minimum atomic E-state index is -3.62. The summed E-state index contributed by atoms with van der Waals surface area (Å²) >= 11 is 0. The van der Waals surface area contributed by atoms with Crippen LogP contribution < -0.4 is 0 Å². The molecule has 1 fully saturated rings. The molecule has 1 saturated heterocycles. The van der Waals surface area contributed by atoms with E-state index in [4.69, 9.17) is 0 Å². The first-order valence-electron chi connectivity index (χ1n) is 8.30. The smallest absolute Gasteiger partial charge is 0.243 e. The van der Waals surface area contributed by atoms with Gasteiger partial charge in [-0.1, -0.05) is 38.0 Å². The summed E-state index contributed by atoms with van der Waals surface area (Å²) in [6, 6.07) is 7.81. The molecule has 128 valence electrons. The van der Waals surface area contributed by atoms with Crippen LogP contribution in [0.25, 0.3) is 0 Å². The first-order valence-corrected chi connectivity index (χ1v) is 9.74. The van der Waals surface area contributed by atoms with Crippen molar-refractivity contribution in [1.82, 2.24) is 9.21 Å². The van der Waals surface area contributed by atoms with E-state index >= 15 is 0 Å². The minimum Gasteiger partial charge on any atom is -0.344 e. The summed E-state index contributed by atoms with van der Waals surface area (Å²) in [4.78, 5) is 14.6. The first kappa shape index (κ1) is 17.9. The second-order valence-corrected chi connectivity index (χ2v) is 7.94. The van der Waals surface area contributed by atoms with Crippen LogP contribution in [0.3, 0.4) is 0 Å². The molecule has 5 nitrogen and oxygen atoms in total. The number of hydrogen-bond acceptors (Lipinski definition) is 3. The lowest BCUT2D eigenvalue weighted by molar-refractivity contribution is -0.134. The van der Waals surface area contributed by atoms with Gasteiger partial charge < -0.3 is 4.90 Å². The molecule has 0 spiro atoms. The average molecular weight is 338 g/mol. The summed E-state index contributed by atoms with van der Waals surface area (Å²) in [7, 11) is -1.86. The third-order valence-corrected chi connectivity index (χ3v) is 6.23. The molecule has 23 heavy (non-hydrogen) atoms. The molecule has 1 unspecified atom stereocenters. The second-order valence-electron chi connectivity index (χ2n) is 6.05. The Morgan fingerprint density at radius 1 is 1.26 bits per heavy atom. The molecule has 1 aromatic carbocycles. The zero-order valence-corrected chi connectivity index (χ0v) is 14.8. The Hall–Kier alpha value is -1.40. The molecule has 0 N–H and O–H groups in total. The lowest BCUT2D eigenvalue weighted by atomic mass is 10.0. The highest BCUT2D eigenvalue weighted by atomic mass is 32.2. The van der Waals surface area contributed by atoms with Gasteiger partial charge in [-0.2, -0.15) is 4.31 Å². The van der Waals surface area contributed by atoms with Crippen molar-refractivity contribution in [2.24, 2.45) is 0 Å². The molecule has 0 aliphatic carbocycles. The van der Waals surface area contributed by atoms with E-state index in [1.54, 1.807) is 42.3 Å². The highest BCUT2D eigenvalue weighted by molar-refractivity contribution is 7.89. The van der Waals surface area contributed by atoms with Crippen molar-refractivity contribution in [3.8, 4) is 0 Å². The highest BCUT2D eigenvalue weighted by Crippen LogP contribution is 2.26. The maximum Gasteiger partial charge on any atom is 0.243 e. The van der Waals surface area contributed by atoms with Crippen molar-refractivity contribution >= 4 is 15.9 Å². The van der Waals surface area contributed by atoms with Crippen LogP contribution in [0.5, 0.6) is 0 Å². The Labute approximate surface area is 139 Å². The summed E-state index contributed by atoms with van der Waals surface area (Å²) in [5, 5.41) is 0. The van der Waals surface area contributed by atoms with Gasteiger partial charge in [-0.25, -0.2) is 8.42 Å². The number of carbonyl (C=O) groups is 1. The van der Waals surface area contributed by atoms with Gasteiger partial charge in [-0.3, -0.25) is 4.79 Å². The fourth-order valence-electron chi connectivity index (χ4n) is 2.93. The van der Waals surface area contributed by atoms with Gasteiger partial charge >= 0.3 is 0 Å². The Balaban J connectivity index is 2.23. The lowest BCUT2D eigenvalue weighted by Gasteiger charge is -2.35. The molecular formula is C17H26N2O3S. The number of piperidine rings is 1. The van der Waals surface area contributed by atoms with Crippen LogP contribution in [0.4, 0.5) is 0 Å². The zero-order valence-electron chi connectivity index (χ0n) is 13.9. The Morgan fingerprint density at radius 2 is 1.96 bits per heavy atom. The van der Waals surface area contributed by atoms with Crippen LogP contribution in [0.1, 0.15) is 39.0 Å². The Bertz CT molecular complexity index is 616. The lowest BCUT2D eigenvalue weighted by Crippen LogP contribution is -2.52.